The molecule has 0 spiro atoms. The Morgan fingerprint density at radius 3 is 2.39 bits per heavy atom. The molecule has 0 aromatic carbocycles. The summed E-state index contributed by atoms with van der Waals surface area (Å²) < 4.78 is 0. The molecule has 0 amide bonds. The smallest absolute Gasteiger partial charge is 0.127 e. The van der Waals surface area contributed by atoms with E-state index in [0.717, 1.165) is 11.8 Å². The monoisotopic (exact) mass is 250 g/mol. The van der Waals surface area contributed by atoms with Gasteiger partial charge in [0.05, 0.1) is 13.1 Å². The molecule has 0 radical (unpaired) electrons. The zero-order valence-electron chi connectivity index (χ0n) is 12.4. The molecule has 0 unspecified atom stereocenters. The highest BCUT2D eigenvalue weighted by molar-refractivity contribution is 5.23. The second-order valence-electron chi connectivity index (χ2n) is 7.35. The Morgan fingerprint density at radius 1 is 1.17 bits per heavy atom. The second kappa shape index (κ2) is 4.64. The van der Waals surface area contributed by atoms with Crippen LogP contribution < -0.4 is 9.80 Å². The van der Waals surface area contributed by atoms with Gasteiger partial charge in [-0.1, -0.05) is 19.9 Å². The van der Waals surface area contributed by atoms with Crippen LogP contribution in [0.5, 0.6) is 0 Å². The minimum atomic E-state index is 0.611. The lowest BCUT2D eigenvalue weighted by atomic mass is 9.49. The van der Waals surface area contributed by atoms with E-state index in [1.165, 1.54) is 52.1 Å². The van der Waals surface area contributed by atoms with Gasteiger partial charge in [-0.25, -0.2) is 0 Å². The molecular formula is C16H30N2+2. The van der Waals surface area contributed by atoms with E-state index in [2.05, 4.69) is 26.8 Å². The van der Waals surface area contributed by atoms with Crippen molar-refractivity contribution < 1.29 is 9.80 Å². The molecule has 3 aliphatic carbocycles. The Balaban J connectivity index is 1.56. The number of hydrogen-bond donors (Lipinski definition) is 2. The Bertz CT molecular complexity index is 337. The van der Waals surface area contributed by atoms with Crippen molar-refractivity contribution in [3.05, 3.63) is 11.6 Å². The van der Waals surface area contributed by atoms with Crippen molar-refractivity contribution in [1.29, 1.82) is 0 Å². The summed E-state index contributed by atoms with van der Waals surface area (Å²) in [6.07, 6.45) is 5.44. The van der Waals surface area contributed by atoms with E-state index in [1.807, 2.05) is 4.90 Å². The van der Waals surface area contributed by atoms with Gasteiger partial charge in [0.1, 0.15) is 26.2 Å². The predicted octanol–water partition coefficient (Wildman–Crippen LogP) is -0.218. The summed E-state index contributed by atoms with van der Waals surface area (Å²) in [6.45, 7) is 15.5. The maximum Gasteiger partial charge on any atom is 0.127 e. The molecule has 1 saturated heterocycles. The van der Waals surface area contributed by atoms with Gasteiger partial charge in [0.2, 0.25) is 0 Å². The lowest BCUT2D eigenvalue weighted by Crippen LogP contribution is -3.28. The fraction of sp³-hybridized carbons (Fsp3) is 0.875. The first-order chi connectivity index (χ1) is 8.61. The Morgan fingerprint density at radius 2 is 1.83 bits per heavy atom. The minimum Gasteiger partial charge on any atom is -0.326 e. The molecule has 1 heterocycles. The van der Waals surface area contributed by atoms with Crippen molar-refractivity contribution in [3.63, 3.8) is 0 Å². The Kier molecular flexibility index (Phi) is 3.27. The molecule has 4 rings (SSSR count). The molecule has 2 N–H and O–H groups in total. The first kappa shape index (κ1) is 12.7. The van der Waals surface area contributed by atoms with Gasteiger partial charge in [0.25, 0.3) is 0 Å². The van der Waals surface area contributed by atoms with Gasteiger partial charge in [-0.2, -0.15) is 0 Å². The van der Waals surface area contributed by atoms with Crippen LogP contribution in [0.2, 0.25) is 0 Å². The van der Waals surface area contributed by atoms with Crippen LogP contribution in [-0.4, -0.2) is 39.3 Å². The zero-order valence-corrected chi connectivity index (χ0v) is 12.4. The SMILES string of the molecule is CC[NH+]1CC[NH+](CC2=CC[C@H]3C[C@@H]2C3(C)C)CC1. The van der Waals surface area contributed by atoms with Crippen molar-refractivity contribution in [3.8, 4) is 0 Å². The van der Waals surface area contributed by atoms with E-state index in [-0.39, 0.29) is 0 Å². The molecule has 2 nitrogen and oxygen atoms in total. The van der Waals surface area contributed by atoms with E-state index < -0.39 is 0 Å². The number of hydrogen-bond acceptors (Lipinski definition) is 0. The molecule has 0 aromatic rings. The van der Waals surface area contributed by atoms with Crippen LogP contribution in [0.15, 0.2) is 11.6 Å². The van der Waals surface area contributed by atoms with E-state index in [9.17, 15) is 0 Å². The summed E-state index contributed by atoms with van der Waals surface area (Å²) in [6, 6.07) is 0. The number of allylic oxidation sites excluding steroid dienone is 1. The molecule has 1 saturated carbocycles. The van der Waals surface area contributed by atoms with E-state index in [1.54, 1.807) is 10.5 Å². The van der Waals surface area contributed by atoms with Crippen LogP contribution >= 0.6 is 0 Å². The van der Waals surface area contributed by atoms with Crippen molar-refractivity contribution in [2.24, 2.45) is 17.3 Å². The molecule has 2 bridgehead atoms. The van der Waals surface area contributed by atoms with Gasteiger partial charge in [-0.15, -0.1) is 0 Å². The van der Waals surface area contributed by atoms with Gasteiger partial charge in [-0.05, 0) is 42.6 Å². The summed E-state index contributed by atoms with van der Waals surface area (Å²) in [4.78, 5) is 3.65. The fourth-order valence-electron chi connectivity index (χ4n) is 4.45. The number of nitrogens with one attached hydrogen (secondary N) is 2. The van der Waals surface area contributed by atoms with E-state index >= 15 is 0 Å². The number of piperazine rings is 1. The summed E-state index contributed by atoms with van der Waals surface area (Å²) >= 11 is 0. The van der Waals surface area contributed by atoms with Crippen LogP contribution in [0.1, 0.15) is 33.6 Å². The first-order valence-electron chi connectivity index (χ1n) is 7.97. The summed E-state index contributed by atoms with van der Waals surface area (Å²) in [5, 5.41) is 0. The lowest BCUT2D eigenvalue weighted by molar-refractivity contribution is -1.01. The topological polar surface area (TPSA) is 8.88 Å². The summed E-state index contributed by atoms with van der Waals surface area (Å²) in [7, 11) is 0. The molecule has 102 valence electrons. The minimum absolute atomic E-state index is 0.611. The van der Waals surface area contributed by atoms with Crippen LogP contribution in [0.25, 0.3) is 0 Å². The fourth-order valence-corrected chi connectivity index (χ4v) is 4.45. The molecule has 18 heavy (non-hydrogen) atoms. The predicted molar refractivity (Wildman–Crippen MR) is 74.9 cm³/mol. The maximum atomic E-state index is 2.59. The molecule has 2 heteroatoms. The van der Waals surface area contributed by atoms with Crippen molar-refractivity contribution in [1.82, 2.24) is 0 Å². The molecule has 2 atom stereocenters. The highest BCUT2D eigenvalue weighted by Crippen LogP contribution is 2.58. The Hall–Kier alpha value is -0.340. The first-order valence-corrected chi connectivity index (χ1v) is 7.97. The highest BCUT2D eigenvalue weighted by Gasteiger charge is 2.51. The quantitative estimate of drug-likeness (QED) is 0.641. The second-order valence-corrected chi connectivity index (χ2v) is 7.35. The van der Waals surface area contributed by atoms with E-state index in [4.69, 9.17) is 0 Å². The third-order valence-corrected chi connectivity index (χ3v) is 6.20. The number of fused-ring (bicyclic) bond motifs is 1. The van der Waals surface area contributed by atoms with Crippen molar-refractivity contribution >= 4 is 0 Å². The molecule has 4 aliphatic rings. The number of likely N-dealkylation sites (N-methyl/N-ethyl adjacent to an activating group) is 1. The summed E-state index contributed by atoms with van der Waals surface area (Å²) in [5.41, 5.74) is 2.41. The van der Waals surface area contributed by atoms with Crippen molar-refractivity contribution in [2.45, 2.75) is 33.6 Å². The number of quaternary nitrogens is 2. The maximum absolute atomic E-state index is 2.59. The molecular weight excluding hydrogens is 220 g/mol. The molecule has 0 aromatic heterocycles. The van der Waals surface area contributed by atoms with Gasteiger partial charge >= 0.3 is 0 Å². The van der Waals surface area contributed by atoms with Gasteiger partial charge in [-0.3, -0.25) is 0 Å². The third-order valence-electron chi connectivity index (χ3n) is 6.20. The van der Waals surface area contributed by atoms with Crippen LogP contribution in [0.4, 0.5) is 0 Å². The Labute approximate surface area is 112 Å². The molecule has 1 aliphatic heterocycles. The average molecular weight is 250 g/mol. The van der Waals surface area contributed by atoms with Gasteiger partial charge < -0.3 is 9.80 Å². The van der Waals surface area contributed by atoms with Crippen LogP contribution in [0, 0.1) is 17.3 Å². The van der Waals surface area contributed by atoms with Crippen molar-refractivity contribution in [2.75, 3.05) is 39.3 Å². The summed E-state index contributed by atoms with van der Waals surface area (Å²) in [5.74, 6) is 1.91. The van der Waals surface area contributed by atoms with Gasteiger partial charge in [0.15, 0.2) is 0 Å². The van der Waals surface area contributed by atoms with Crippen LogP contribution in [-0.2, 0) is 0 Å². The third kappa shape index (κ3) is 2.04. The largest absolute Gasteiger partial charge is 0.326 e. The van der Waals surface area contributed by atoms with Gasteiger partial charge in [0, 0.05) is 0 Å². The highest BCUT2D eigenvalue weighted by atomic mass is 15.3. The zero-order chi connectivity index (χ0) is 12.8. The normalized spacial score (nSPS) is 42.1. The standard InChI is InChI=1S/C16H28N2/c1-4-17-7-9-18(10-8-17)12-13-5-6-14-11-15(13)16(14,2)3/h5,14-15H,4,6-12H2,1-3H3/p+2/t14-,15-/m0/s1. The average Bonchev–Trinajstić information content (AvgIpc) is 2.39. The number of rotatable bonds is 3. The van der Waals surface area contributed by atoms with Crippen LogP contribution in [0.3, 0.4) is 0 Å². The lowest BCUT2D eigenvalue weighted by Gasteiger charge is -2.56. The molecule has 2 fully saturated rings. The van der Waals surface area contributed by atoms with E-state index in [0.29, 0.717) is 5.41 Å².